The molecule has 0 unspecified atom stereocenters. The molecule has 8 heteroatoms. The zero-order chi connectivity index (χ0) is 15.5. The van der Waals surface area contributed by atoms with E-state index in [1.54, 1.807) is 11.4 Å². The highest BCUT2D eigenvalue weighted by Gasteiger charge is 2.16. The summed E-state index contributed by atoms with van der Waals surface area (Å²) in [6.45, 7) is 5.13. The Labute approximate surface area is 141 Å². The molecule has 116 valence electrons. The molecule has 2 aromatic rings. The summed E-state index contributed by atoms with van der Waals surface area (Å²) in [6.07, 6.45) is 0. The highest BCUT2D eigenvalue weighted by molar-refractivity contribution is 9.11. The first-order valence-electron chi connectivity index (χ1n) is 6.41. The standard InChI is InChI=1S/C13H17BrN2O2S3/c1-9(2)15-6-11-5-12(8-19-11)21(17,18)16-7-10-3-4-13(14)20-10/h3-5,8-9,15-16H,6-7H2,1-2H3. The molecular weight excluding hydrogens is 392 g/mol. The third-order valence-corrected chi connectivity index (χ3v) is 6.78. The molecule has 0 fully saturated rings. The van der Waals surface area contributed by atoms with Crippen LogP contribution in [0.5, 0.6) is 0 Å². The largest absolute Gasteiger partial charge is 0.310 e. The first kappa shape index (κ1) is 17.1. The van der Waals surface area contributed by atoms with Crippen LogP contribution < -0.4 is 10.0 Å². The fourth-order valence-corrected chi connectivity index (χ4v) is 5.34. The predicted molar refractivity (Wildman–Crippen MR) is 92.3 cm³/mol. The monoisotopic (exact) mass is 408 g/mol. The average Bonchev–Trinajstić information content (AvgIpc) is 3.03. The van der Waals surface area contributed by atoms with Gasteiger partial charge in [-0.15, -0.1) is 22.7 Å². The maximum atomic E-state index is 12.2. The van der Waals surface area contributed by atoms with Crippen molar-refractivity contribution in [2.75, 3.05) is 0 Å². The van der Waals surface area contributed by atoms with Gasteiger partial charge in [-0.2, -0.15) is 0 Å². The normalized spacial score (nSPS) is 12.2. The van der Waals surface area contributed by atoms with E-state index in [4.69, 9.17) is 0 Å². The fourth-order valence-electron chi connectivity index (χ4n) is 1.60. The van der Waals surface area contributed by atoms with E-state index < -0.39 is 10.0 Å². The second kappa shape index (κ2) is 7.34. The van der Waals surface area contributed by atoms with E-state index in [0.717, 1.165) is 13.5 Å². The van der Waals surface area contributed by atoms with Gasteiger partial charge in [-0.05, 0) is 34.1 Å². The third-order valence-electron chi connectivity index (χ3n) is 2.69. The molecule has 2 aromatic heterocycles. The maximum Gasteiger partial charge on any atom is 0.241 e. The smallest absolute Gasteiger partial charge is 0.241 e. The molecule has 0 spiro atoms. The lowest BCUT2D eigenvalue weighted by Gasteiger charge is -2.05. The predicted octanol–water partition coefficient (Wildman–Crippen LogP) is 3.55. The summed E-state index contributed by atoms with van der Waals surface area (Å²) >= 11 is 6.35. The van der Waals surface area contributed by atoms with Gasteiger partial charge in [0.25, 0.3) is 0 Å². The van der Waals surface area contributed by atoms with Crippen molar-refractivity contribution in [2.24, 2.45) is 0 Å². The highest BCUT2D eigenvalue weighted by Crippen LogP contribution is 2.23. The molecular formula is C13H17BrN2O2S3. The Hall–Kier alpha value is -0.250. The molecule has 0 amide bonds. The molecule has 0 saturated carbocycles. The van der Waals surface area contributed by atoms with Crippen LogP contribution in [0.1, 0.15) is 23.6 Å². The van der Waals surface area contributed by atoms with Crippen LogP contribution in [0.25, 0.3) is 0 Å². The molecule has 0 aliphatic rings. The van der Waals surface area contributed by atoms with E-state index >= 15 is 0 Å². The van der Waals surface area contributed by atoms with Crippen molar-refractivity contribution in [3.63, 3.8) is 0 Å². The Morgan fingerprint density at radius 2 is 2.00 bits per heavy atom. The fraction of sp³-hybridized carbons (Fsp3) is 0.385. The van der Waals surface area contributed by atoms with Gasteiger partial charge in [-0.25, -0.2) is 13.1 Å². The number of rotatable bonds is 7. The lowest BCUT2D eigenvalue weighted by atomic mass is 10.4. The van der Waals surface area contributed by atoms with Crippen LogP contribution in [-0.2, 0) is 23.1 Å². The summed E-state index contributed by atoms with van der Waals surface area (Å²) in [6, 6.07) is 5.92. The molecule has 2 N–H and O–H groups in total. The molecule has 0 atom stereocenters. The highest BCUT2D eigenvalue weighted by atomic mass is 79.9. The van der Waals surface area contributed by atoms with E-state index in [1.807, 2.05) is 12.1 Å². The lowest BCUT2D eigenvalue weighted by Crippen LogP contribution is -2.22. The Kier molecular flexibility index (Phi) is 5.98. The number of hydrogen-bond acceptors (Lipinski definition) is 5. The van der Waals surface area contributed by atoms with Gasteiger partial charge in [0.2, 0.25) is 10.0 Å². The molecule has 0 radical (unpaired) electrons. The van der Waals surface area contributed by atoms with Crippen LogP contribution in [0, 0.1) is 0 Å². The van der Waals surface area contributed by atoms with Crippen LogP contribution >= 0.6 is 38.6 Å². The summed E-state index contributed by atoms with van der Waals surface area (Å²) in [7, 11) is -3.44. The molecule has 21 heavy (non-hydrogen) atoms. The van der Waals surface area contributed by atoms with Gasteiger partial charge >= 0.3 is 0 Å². The quantitative estimate of drug-likeness (QED) is 0.736. The van der Waals surface area contributed by atoms with Crippen LogP contribution in [-0.4, -0.2) is 14.5 Å². The topological polar surface area (TPSA) is 58.2 Å². The van der Waals surface area contributed by atoms with Gasteiger partial charge < -0.3 is 5.32 Å². The zero-order valence-electron chi connectivity index (χ0n) is 11.7. The molecule has 0 aromatic carbocycles. The molecule has 0 bridgehead atoms. The van der Waals surface area contributed by atoms with Crippen molar-refractivity contribution >= 4 is 48.6 Å². The van der Waals surface area contributed by atoms with E-state index in [-0.39, 0.29) is 0 Å². The van der Waals surface area contributed by atoms with Crippen LogP contribution in [0.3, 0.4) is 0 Å². The Morgan fingerprint density at radius 3 is 2.62 bits per heavy atom. The van der Waals surface area contributed by atoms with Crippen molar-refractivity contribution in [1.82, 2.24) is 10.0 Å². The summed E-state index contributed by atoms with van der Waals surface area (Å²) in [4.78, 5) is 2.33. The average molecular weight is 409 g/mol. The first-order valence-corrected chi connectivity index (χ1v) is 10.4. The number of nitrogens with one attached hydrogen (secondary N) is 2. The van der Waals surface area contributed by atoms with Gasteiger partial charge in [0.05, 0.1) is 8.68 Å². The zero-order valence-corrected chi connectivity index (χ0v) is 15.8. The lowest BCUT2D eigenvalue weighted by molar-refractivity contribution is 0.581. The van der Waals surface area contributed by atoms with Crippen molar-refractivity contribution < 1.29 is 8.42 Å². The first-order chi connectivity index (χ1) is 9.87. The van der Waals surface area contributed by atoms with Crippen LogP contribution in [0.15, 0.2) is 32.3 Å². The maximum absolute atomic E-state index is 12.2. The summed E-state index contributed by atoms with van der Waals surface area (Å²) in [5.74, 6) is 0. The SMILES string of the molecule is CC(C)NCc1cc(S(=O)(=O)NCc2ccc(Br)s2)cs1. The van der Waals surface area contributed by atoms with E-state index in [2.05, 4.69) is 39.8 Å². The molecule has 0 aliphatic heterocycles. The van der Waals surface area contributed by atoms with Gasteiger partial charge in [-0.3, -0.25) is 0 Å². The van der Waals surface area contributed by atoms with E-state index in [9.17, 15) is 8.42 Å². The second-order valence-electron chi connectivity index (χ2n) is 4.81. The molecule has 0 saturated heterocycles. The van der Waals surface area contributed by atoms with Gasteiger partial charge in [-0.1, -0.05) is 13.8 Å². The minimum Gasteiger partial charge on any atom is -0.310 e. The van der Waals surface area contributed by atoms with Crippen LogP contribution in [0.2, 0.25) is 0 Å². The van der Waals surface area contributed by atoms with Crippen molar-refractivity contribution in [3.8, 4) is 0 Å². The Morgan fingerprint density at radius 1 is 1.24 bits per heavy atom. The van der Waals surface area contributed by atoms with Gasteiger partial charge in [0.1, 0.15) is 0 Å². The van der Waals surface area contributed by atoms with Crippen molar-refractivity contribution in [2.45, 2.75) is 37.9 Å². The van der Waals surface area contributed by atoms with E-state index in [1.165, 1.54) is 22.7 Å². The van der Waals surface area contributed by atoms with E-state index in [0.29, 0.717) is 24.0 Å². The van der Waals surface area contributed by atoms with Gasteiger partial charge in [0, 0.05) is 34.3 Å². The number of sulfonamides is 1. The Balaban J connectivity index is 1.99. The van der Waals surface area contributed by atoms with Crippen LogP contribution in [0.4, 0.5) is 0 Å². The molecule has 2 heterocycles. The minimum atomic E-state index is -3.44. The number of thiophene rings is 2. The summed E-state index contributed by atoms with van der Waals surface area (Å²) < 4.78 is 28.1. The second-order valence-corrected chi connectivity index (χ2v) is 10.1. The molecule has 0 aliphatic carbocycles. The number of halogens is 1. The van der Waals surface area contributed by atoms with Crippen molar-refractivity contribution in [1.29, 1.82) is 0 Å². The van der Waals surface area contributed by atoms with Gasteiger partial charge in [0.15, 0.2) is 0 Å². The minimum absolute atomic E-state index is 0.314. The molecule has 2 rings (SSSR count). The van der Waals surface area contributed by atoms with Crippen molar-refractivity contribution in [3.05, 3.63) is 37.1 Å². The Bertz CT molecular complexity index is 692. The summed E-state index contributed by atoms with van der Waals surface area (Å²) in [5, 5.41) is 4.96. The molecule has 4 nitrogen and oxygen atoms in total. The third kappa shape index (κ3) is 5.15. The number of hydrogen-bond donors (Lipinski definition) is 2. The summed E-state index contributed by atoms with van der Waals surface area (Å²) in [5.41, 5.74) is 0.